The Labute approximate surface area is 133 Å². The molecular weight excluding hydrogens is 387 g/mol. The van der Waals surface area contributed by atoms with Crippen molar-refractivity contribution in [1.29, 1.82) is 0 Å². The van der Waals surface area contributed by atoms with Crippen LogP contribution in [0.2, 0.25) is 0 Å². The summed E-state index contributed by atoms with van der Waals surface area (Å²) < 4.78 is 2.64. The van der Waals surface area contributed by atoms with Crippen molar-refractivity contribution in [2.24, 2.45) is 0 Å². The molecule has 0 saturated heterocycles. The molecule has 102 valence electrons. The quantitative estimate of drug-likeness (QED) is 0.528. The lowest BCUT2D eigenvalue weighted by Gasteiger charge is -2.01. The van der Waals surface area contributed by atoms with Gasteiger partial charge in [-0.15, -0.1) is 5.10 Å². The third-order valence-corrected chi connectivity index (χ3v) is 4.04. The standard InChI is InChI=1S/C12H11IN6S/c1-6-5-7(13)3-4-8(6)9-15-11-17-12(20-2)16-10(14)19(11)18-9/h3-5H,1-2H3,(H2,14,15,16,17,18). The first-order chi connectivity index (χ1) is 9.58. The van der Waals surface area contributed by atoms with Gasteiger partial charge in [-0.2, -0.15) is 19.5 Å². The molecule has 0 bridgehead atoms. The van der Waals surface area contributed by atoms with Crippen LogP contribution in [0.25, 0.3) is 17.2 Å². The largest absolute Gasteiger partial charge is 0.368 e. The Bertz CT molecular complexity index is 800. The van der Waals surface area contributed by atoms with Crippen LogP contribution in [0.4, 0.5) is 5.95 Å². The number of rotatable bonds is 2. The van der Waals surface area contributed by atoms with Crippen molar-refractivity contribution in [3.8, 4) is 11.4 Å². The molecule has 3 rings (SSSR count). The van der Waals surface area contributed by atoms with Gasteiger partial charge in [0.15, 0.2) is 11.0 Å². The molecule has 0 fully saturated rings. The minimum Gasteiger partial charge on any atom is -0.368 e. The fourth-order valence-electron chi connectivity index (χ4n) is 1.87. The third-order valence-electron chi connectivity index (χ3n) is 2.82. The Kier molecular flexibility index (Phi) is 3.50. The first-order valence-corrected chi connectivity index (χ1v) is 8.09. The predicted octanol–water partition coefficient (Wildman–Crippen LogP) is 2.40. The van der Waals surface area contributed by atoms with E-state index < -0.39 is 0 Å². The Morgan fingerprint density at radius 1 is 1.25 bits per heavy atom. The van der Waals surface area contributed by atoms with Crippen molar-refractivity contribution >= 4 is 46.1 Å². The normalized spacial score (nSPS) is 11.2. The predicted molar refractivity (Wildman–Crippen MR) is 87.7 cm³/mol. The summed E-state index contributed by atoms with van der Waals surface area (Å²) in [6.45, 7) is 2.03. The number of fused-ring (bicyclic) bond motifs is 1. The highest BCUT2D eigenvalue weighted by Gasteiger charge is 2.13. The zero-order valence-corrected chi connectivity index (χ0v) is 13.8. The molecule has 6 nitrogen and oxygen atoms in total. The van der Waals surface area contributed by atoms with Gasteiger partial charge in [-0.3, -0.25) is 0 Å². The second-order valence-corrected chi connectivity index (χ2v) is 6.19. The van der Waals surface area contributed by atoms with Crippen LogP contribution >= 0.6 is 34.4 Å². The van der Waals surface area contributed by atoms with Crippen molar-refractivity contribution in [3.05, 3.63) is 27.3 Å². The van der Waals surface area contributed by atoms with Crippen molar-refractivity contribution in [2.45, 2.75) is 12.1 Å². The number of hydrogen-bond acceptors (Lipinski definition) is 6. The Hall–Kier alpha value is -1.42. The van der Waals surface area contributed by atoms with Crippen molar-refractivity contribution < 1.29 is 0 Å². The molecule has 2 aromatic heterocycles. The van der Waals surface area contributed by atoms with E-state index in [1.807, 2.05) is 25.3 Å². The van der Waals surface area contributed by atoms with Gasteiger partial charge < -0.3 is 5.73 Å². The van der Waals surface area contributed by atoms with Crippen LogP contribution in [-0.4, -0.2) is 30.8 Å². The lowest BCUT2D eigenvalue weighted by molar-refractivity contribution is 0.851. The van der Waals surface area contributed by atoms with Gasteiger partial charge in [-0.1, -0.05) is 11.8 Å². The van der Waals surface area contributed by atoms with Crippen LogP contribution in [0.5, 0.6) is 0 Å². The van der Waals surface area contributed by atoms with E-state index in [1.165, 1.54) is 19.8 Å². The number of nitrogen functional groups attached to an aromatic ring is 1. The van der Waals surface area contributed by atoms with Crippen molar-refractivity contribution in [1.82, 2.24) is 24.6 Å². The number of aromatic nitrogens is 5. The minimum atomic E-state index is 0.293. The molecule has 0 aliphatic rings. The lowest BCUT2D eigenvalue weighted by Crippen LogP contribution is -2.04. The van der Waals surface area contributed by atoms with E-state index in [4.69, 9.17) is 5.73 Å². The van der Waals surface area contributed by atoms with Crippen LogP contribution in [0.15, 0.2) is 23.4 Å². The Morgan fingerprint density at radius 3 is 2.75 bits per heavy atom. The fraction of sp³-hybridized carbons (Fsp3) is 0.167. The number of nitrogens with zero attached hydrogens (tertiary/aromatic N) is 5. The number of aryl methyl sites for hydroxylation is 1. The Morgan fingerprint density at radius 2 is 2.05 bits per heavy atom. The van der Waals surface area contributed by atoms with E-state index in [-0.39, 0.29) is 0 Å². The van der Waals surface area contributed by atoms with Crippen LogP contribution < -0.4 is 5.73 Å². The number of anilines is 1. The van der Waals surface area contributed by atoms with E-state index in [1.54, 1.807) is 0 Å². The molecule has 2 N–H and O–H groups in total. The summed E-state index contributed by atoms with van der Waals surface area (Å²) >= 11 is 3.70. The molecule has 3 aromatic rings. The zero-order chi connectivity index (χ0) is 14.3. The highest BCUT2D eigenvalue weighted by molar-refractivity contribution is 14.1. The first-order valence-electron chi connectivity index (χ1n) is 5.79. The van der Waals surface area contributed by atoms with Crippen LogP contribution in [0.3, 0.4) is 0 Å². The molecule has 0 atom stereocenters. The van der Waals surface area contributed by atoms with Gasteiger partial charge >= 0.3 is 0 Å². The number of hydrogen-bond donors (Lipinski definition) is 1. The average Bonchev–Trinajstić information content (AvgIpc) is 2.82. The van der Waals surface area contributed by atoms with Gasteiger partial charge in [-0.05, 0) is 59.5 Å². The van der Waals surface area contributed by atoms with Crippen LogP contribution in [-0.2, 0) is 0 Å². The van der Waals surface area contributed by atoms with Gasteiger partial charge in [0.1, 0.15) is 0 Å². The summed E-state index contributed by atoms with van der Waals surface area (Å²) in [5.74, 6) is 1.37. The maximum Gasteiger partial charge on any atom is 0.258 e. The van der Waals surface area contributed by atoms with Crippen LogP contribution in [0.1, 0.15) is 5.56 Å². The molecule has 20 heavy (non-hydrogen) atoms. The molecule has 8 heteroatoms. The maximum atomic E-state index is 5.88. The topological polar surface area (TPSA) is 82.0 Å². The number of halogens is 1. The zero-order valence-electron chi connectivity index (χ0n) is 10.8. The van der Waals surface area contributed by atoms with E-state index >= 15 is 0 Å². The number of benzene rings is 1. The number of thioether (sulfide) groups is 1. The van der Waals surface area contributed by atoms with Gasteiger partial charge in [0.05, 0.1) is 0 Å². The smallest absolute Gasteiger partial charge is 0.258 e. The molecule has 0 radical (unpaired) electrons. The minimum absolute atomic E-state index is 0.293. The second-order valence-electron chi connectivity index (χ2n) is 4.17. The van der Waals surface area contributed by atoms with E-state index in [2.05, 4.69) is 48.7 Å². The average molecular weight is 398 g/mol. The molecular formula is C12H11IN6S. The summed E-state index contributed by atoms with van der Waals surface area (Å²) in [6.07, 6.45) is 1.89. The lowest BCUT2D eigenvalue weighted by atomic mass is 10.1. The SMILES string of the molecule is CSc1nc(N)n2nc(-c3ccc(I)cc3C)nc2n1. The molecule has 0 spiro atoms. The van der Waals surface area contributed by atoms with Gasteiger partial charge in [0.25, 0.3) is 5.78 Å². The Balaban J connectivity index is 2.20. The molecule has 2 heterocycles. The van der Waals surface area contributed by atoms with Crippen LogP contribution in [0, 0.1) is 10.5 Å². The summed E-state index contributed by atoms with van der Waals surface area (Å²) in [5, 5.41) is 4.98. The molecule has 1 aromatic carbocycles. The second kappa shape index (κ2) is 5.17. The maximum absolute atomic E-state index is 5.88. The molecule has 0 unspecified atom stereocenters. The molecule has 0 aliphatic carbocycles. The molecule has 0 aliphatic heterocycles. The van der Waals surface area contributed by atoms with E-state index in [0.717, 1.165) is 11.1 Å². The summed E-state index contributed by atoms with van der Waals surface area (Å²) in [6, 6.07) is 6.12. The fourth-order valence-corrected chi connectivity index (χ4v) is 2.87. The highest BCUT2D eigenvalue weighted by Crippen LogP contribution is 2.23. The summed E-state index contributed by atoms with van der Waals surface area (Å²) in [4.78, 5) is 12.9. The first kappa shape index (κ1) is 13.6. The van der Waals surface area contributed by atoms with Gasteiger partial charge in [-0.25, -0.2) is 0 Å². The van der Waals surface area contributed by atoms with Gasteiger partial charge in [0.2, 0.25) is 5.95 Å². The van der Waals surface area contributed by atoms with E-state index in [9.17, 15) is 0 Å². The molecule has 0 amide bonds. The van der Waals surface area contributed by atoms with E-state index in [0.29, 0.717) is 22.7 Å². The third kappa shape index (κ3) is 2.33. The highest BCUT2D eigenvalue weighted by atomic mass is 127. The molecule has 0 saturated carbocycles. The summed E-state index contributed by atoms with van der Waals surface area (Å²) in [5.41, 5.74) is 7.97. The number of nitrogens with two attached hydrogens (primary N) is 1. The monoisotopic (exact) mass is 398 g/mol. The van der Waals surface area contributed by atoms with Gasteiger partial charge in [0, 0.05) is 9.13 Å². The summed E-state index contributed by atoms with van der Waals surface area (Å²) in [7, 11) is 0. The van der Waals surface area contributed by atoms with Crippen molar-refractivity contribution in [2.75, 3.05) is 12.0 Å². The van der Waals surface area contributed by atoms with Crippen molar-refractivity contribution in [3.63, 3.8) is 0 Å².